The van der Waals surface area contributed by atoms with Gasteiger partial charge in [0.25, 0.3) is 0 Å². The highest BCUT2D eigenvalue weighted by Gasteiger charge is 2.54. The number of benzene rings is 1. The molecule has 1 atom stereocenters. The molecule has 3 aliphatic rings. The standard InChI is InChI=1S/C24H30ClN7O/c1-14-21(22-18-12-27-28-20(18)5-4-19(22)25)23(31-8-6-30(7-9-31)16(3)33)29-32(14)17-10-24(11-17)13-26-15(24)2/h4-5,12,15,17,26H,6-11,13H2,1-3H3,(H,27,28). The molecular formula is C24H30ClN7O. The Morgan fingerprint density at radius 1 is 1.18 bits per heavy atom. The number of hydrogen-bond donors (Lipinski definition) is 2. The summed E-state index contributed by atoms with van der Waals surface area (Å²) in [7, 11) is 0. The number of H-pyrrole nitrogens is 1. The maximum Gasteiger partial charge on any atom is 0.219 e. The molecule has 1 amide bonds. The second kappa shape index (κ2) is 7.46. The van der Waals surface area contributed by atoms with E-state index in [-0.39, 0.29) is 5.91 Å². The van der Waals surface area contributed by atoms with Crippen molar-refractivity contribution in [3.05, 3.63) is 29.0 Å². The molecule has 0 radical (unpaired) electrons. The maximum atomic E-state index is 11.9. The van der Waals surface area contributed by atoms with E-state index in [9.17, 15) is 4.79 Å². The van der Waals surface area contributed by atoms with Crippen LogP contribution < -0.4 is 10.2 Å². The lowest BCUT2D eigenvalue weighted by Crippen LogP contribution is -2.66. The minimum atomic E-state index is 0.130. The van der Waals surface area contributed by atoms with E-state index in [2.05, 4.69) is 38.9 Å². The molecule has 2 aromatic heterocycles. The number of aromatic nitrogens is 4. The Hall–Kier alpha value is -2.58. The molecule has 1 spiro atoms. The van der Waals surface area contributed by atoms with Crippen molar-refractivity contribution < 1.29 is 4.79 Å². The van der Waals surface area contributed by atoms with E-state index in [0.717, 1.165) is 66.0 Å². The Balaban J connectivity index is 1.43. The van der Waals surface area contributed by atoms with Gasteiger partial charge in [-0.3, -0.25) is 14.6 Å². The molecule has 1 saturated carbocycles. The molecule has 33 heavy (non-hydrogen) atoms. The molecule has 8 nitrogen and oxygen atoms in total. The van der Waals surface area contributed by atoms with Gasteiger partial charge in [-0.15, -0.1) is 0 Å². The summed E-state index contributed by atoms with van der Waals surface area (Å²) in [4.78, 5) is 16.1. The molecule has 3 fully saturated rings. The summed E-state index contributed by atoms with van der Waals surface area (Å²) in [5.41, 5.74) is 4.62. The van der Waals surface area contributed by atoms with E-state index in [1.54, 1.807) is 6.92 Å². The average molecular weight is 468 g/mol. The van der Waals surface area contributed by atoms with Gasteiger partial charge in [-0.2, -0.15) is 10.2 Å². The normalized spacial score (nSPS) is 27.2. The number of rotatable bonds is 3. The van der Waals surface area contributed by atoms with Gasteiger partial charge in [0.2, 0.25) is 5.91 Å². The predicted octanol–water partition coefficient (Wildman–Crippen LogP) is 3.37. The van der Waals surface area contributed by atoms with Crippen molar-refractivity contribution >= 4 is 34.2 Å². The SMILES string of the molecule is CC(=O)N1CCN(c2nn(C3CC4(CNC4C)C3)c(C)c2-c2c(Cl)ccc3[nH]ncc23)CC1. The minimum Gasteiger partial charge on any atom is -0.351 e. The number of hydrogen-bond acceptors (Lipinski definition) is 5. The van der Waals surface area contributed by atoms with E-state index >= 15 is 0 Å². The van der Waals surface area contributed by atoms with Crippen molar-refractivity contribution in [2.45, 2.75) is 45.7 Å². The number of carbonyl (C=O) groups is 1. The number of aromatic amines is 1. The first-order valence-corrected chi connectivity index (χ1v) is 12.2. The van der Waals surface area contributed by atoms with Crippen LogP contribution in [0.15, 0.2) is 18.3 Å². The van der Waals surface area contributed by atoms with E-state index in [4.69, 9.17) is 16.7 Å². The van der Waals surface area contributed by atoms with Crippen LogP contribution in [-0.4, -0.2) is 69.6 Å². The van der Waals surface area contributed by atoms with Crippen molar-refractivity contribution in [1.29, 1.82) is 0 Å². The number of nitrogens with zero attached hydrogens (tertiary/aromatic N) is 5. The summed E-state index contributed by atoms with van der Waals surface area (Å²) in [6.45, 7) is 10.1. The molecule has 0 bridgehead atoms. The minimum absolute atomic E-state index is 0.130. The summed E-state index contributed by atoms with van der Waals surface area (Å²) in [5, 5.41) is 17.8. The summed E-state index contributed by atoms with van der Waals surface area (Å²) in [6.07, 6.45) is 4.17. The van der Waals surface area contributed by atoms with Crippen molar-refractivity contribution in [2.24, 2.45) is 5.41 Å². The fourth-order valence-corrected chi connectivity index (χ4v) is 6.25. The Labute approximate surface area is 198 Å². The molecule has 2 saturated heterocycles. The quantitative estimate of drug-likeness (QED) is 0.617. The number of carbonyl (C=O) groups excluding carboxylic acids is 1. The number of nitrogens with one attached hydrogen (secondary N) is 2. The second-order valence-electron chi connectivity index (χ2n) is 10.0. The predicted molar refractivity (Wildman–Crippen MR) is 130 cm³/mol. The maximum absolute atomic E-state index is 11.9. The van der Waals surface area contributed by atoms with Gasteiger partial charge < -0.3 is 15.1 Å². The lowest BCUT2D eigenvalue weighted by atomic mass is 9.57. The van der Waals surface area contributed by atoms with Crippen LogP contribution in [0.3, 0.4) is 0 Å². The molecule has 2 N–H and O–H groups in total. The number of fused-ring (bicyclic) bond motifs is 1. The average Bonchev–Trinajstić information content (AvgIpc) is 3.37. The number of anilines is 1. The Kier molecular flexibility index (Phi) is 4.75. The first-order chi connectivity index (χ1) is 15.9. The van der Waals surface area contributed by atoms with E-state index < -0.39 is 0 Å². The smallest absolute Gasteiger partial charge is 0.219 e. The fourth-order valence-electron chi connectivity index (χ4n) is 6.00. The van der Waals surface area contributed by atoms with Gasteiger partial charge in [0.1, 0.15) is 0 Å². The zero-order chi connectivity index (χ0) is 22.9. The Bertz CT molecular complexity index is 1230. The molecule has 174 valence electrons. The Morgan fingerprint density at radius 3 is 2.58 bits per heavy atom. The molecule has 6 rings (SSSR count). The summed E-state index contributed by atoms with van der Waals surface area (Å²) in [5.74, 6) is 1.10. The first-order valence-electron chi connectivity index (χ1n) is 11.8. The number of amides is 1. The van der Waals surface area contributed by atoms with Gasteiger partial charge in [0.05, 0.1) is 17.8 Å². The van der Waals surface area contributed by atoms with Gasteiger partial charge in [-0.05, 0) is 38.8 Å². The zero-order valence-electron chi connectivity index (χ0n) is 19.4. The van der Waals surface area contributed by atoms with Crippen LogP contribution in [0.5, 0.6) is 0 Å². The third-order valence-corrected chi connectivity index (χ3v) is 8.60. The summed E-state index contributed by atoms with van der Waals surface area (Å²) in [6, 6.07) is 4.89. The van der Waals surface area contributed by atoms with Gasteiger partial charge in [-0.25, -0.2) is 0 Å². The monoisotopic (exact) mass is 467 g/mol. The fraction of sp³-hybridized carbons (Fsp3) is 0.542. The second-order valence-corrected chi connectivity index (χ2v) is 10.4. The van der Waals surface area contributed by atoms with Crippen molar-refractivity contribution in [3.8, 4) is 11.1 Å². The highest BCUT2D eigenvalue weighted by atomic mass is 35.5. The van der Waals surface area contributed by atoms with Crippen molar-refractivity contribution in [1.82, 2.24) is 30.2 Å². The van der Waals surface area contributed by atoms with Crippen LogP contribution in [0.2, 0.25) is 5.02 Å². The van der Waals surface area contributed by atoms with Gasteiger partial charge in [0.15, 0.2) is 5.82 Å². The van der Waals surface area contributed by atoms with Crippen molar-refractivity contribution in [2.75, 3.05) is 37.6 Å². The van der Waals surface area contributed by atoms with Crippen LogP contribution in [0.4, 0.5) is 5.82 Å². The van der Waals surface area contributed by atoms with Crippen molar-refractivity contribution in [3.63, 3.8) is 0 Å². The third kappa shape index (κ3) is 3.10. The van der Waals surface area contributed by atoms with Gasteiger partial charge >= 0.3 is 0 Å². The largest absolute Gasteiger partial charge is 0.351 e. The van der Waals surface area contributed by atoms with E-state index in [0.29, 0.717) is 35.6 Å². The van der Waals surface area contributed by atoms with Crippen LogP contribution in [0.1, 0.15) is 38.4 Å². The van der Waals surface area contributed by atoms with Gasteiger partial charge in [0, 0.05) is 78.3 Å². The molecule has 3 aromatic rings. The topological polar surface area (TPSA) is 82.1 Å². The molecule has 4 heterocycles. The summed E-state index contributed by atoms with van der Waals surface area (Å²) < 4.78 is 2.24. The zero-order valence-corrected chi connectivity index (χ0v) is 20.1. The molecule has 1 aliphatic carbocycles. The third-order valence-electron chi connectivity index (χ3n) is 8.29. The molecule has 9 heteroatoms. The van der Waals surface area contributed by atoms with E-state index in [1.165, 1.54) is 0 Å². The number of piperazine rings is 1. The Morgan fingerprint density at radius 2 is 1.94 bits per heavy atom. The first kappa shape index (κ1) is 21.0. The van der Waals surface area contributed by atoms with E-state index in [1.807, 2.05) is 23.2 Å². The van der Waals surface area contributed by atoms with Crippen LogP contribution >= 0.6 is 11.6 Å². The molecule has 1 unspecified atom stereocenters. The van der Waals surface area contributed by atoms with Crippen LogP contribution in [0.25, 0.3) is 22.0 Å². The lowest BCUT2D eigenvalue weighted by Gasteiger charge is -2.59. The lowest BCUT2D eigenvalue weighted by molar-refractivity contribution is -0.129. The highest BCUT2D eigenvalue weighted by Crippen LogP contribution is 2.55. The summed E-state index contributed by atoms with van der Waals surface area (Å²) >= 11 is 6.82. The van der Waals surface area contributed by atoms with Crippen LogP contribution in [0, 0.1) is 12.3 Å². The molecular weight excluding hydrogens is 438 g/mol. The number of halogens is 1. The molecule has 1 aromatic carbocycles. The van der Waals surface area contributed by atoms with Crippen LogP contribution in [-0.2, 0) is 4.79 Å². The van der Waals surface area contributed by atoms with Gasteiger partial charge in [-0.1, -0.05) is 11.6 Å². The molecule has 2 aliphatic heterocycles. The highest BCUT2D eigenvalue weighted by molar-refractivity contribution is 6.35.